The van der Waals surface area contributed by atoms with Gasteiger partial charge in [0.25, 0.3) is 0 Å². The van der Waals surface area contributed by atoms with Gasteiger partial charge in [0.15, 0.2) is 5.65 Å². The molecule has 0 aliphatic carbocycles. The van der Waals surface area contributed by atoms with E-state index in [0.717, 1.165) is 16.8 Å². The molecule has 0 saturated carbocycles. The fourth-order valence-corrected chi connectivity index (χ4v) is 3.69. The molecule has 0 bridgehead atoms. The predicted molar refractivity (Wildman–Crippen MR) is 95.7 cm³/mol. The molecule has 7 heteroatoms. The van der Waals surface area contributed by atoms with Crippen LogP contribution in [0.15, 0.2) is 59.5 Å². The summed E-state index contributed by atoms with van der Waals surface area (Å²) in [5.74, 6) is -1.35. The van der Waals surface area contributed by atoms with E-state index in [1.54, 1.807) is 13.1 Å². The number of rotatable bonds is 3. The van der Waals surface area contributed by atoms with Gasteiger partial charge in [-0.2, -0.15) is 0 Å². The topological polar surface area (TPSA) is 51.8 Å². The third-order valence-electron chi connectivity index (χ3n) is 5.32. The number of ether oxygens (including phenoxy) is 1. The lowest BCUT2D eigenvalue weighted by Crippen LogP contribution is -2.32. The van der Waals surface area contributed by atoms with Gasteiger partial charge in [-0.1, -0.05) is 30.3 Å². The Morgan fingerprint density at radius 3 is 2.70 bits per heavy atom. The SMILES string of the molecule is C[C@@H](n1nc2c3ccccc3ccn2c1=O)[C@@]1(c2ccc(F)cc2F)CO1. The van der Waals surface area contributed by atoms with Crippen LogP contribution in [0.2, 0.25) is 0 Å². The summed E-state index contributed by atoms with van der Waals surface area (Å²) >= 11 is 0. The molecule has 2 aromatic carbocycles. The number of benzene rings is 2. The average molecular weight is 367 g/mol. The van der Waals surface area contributed by atoms with E-state index in [1.165, 1.54) is 21.2 Å². The molecule has 1 aliphatic heterocycles. The molecule has 5 nitrogen and oxygen atoms in total. The zero-order chi connectivity index (χ0) is 18.8. The molecule has 27 heavy (non-hydrogen) atoms. The van der Waals surface area contributed by atoms with Crippen LogP contribution < -0.4 is 5.69 Å². The molecule has 136 valence electrons. The molecule has 0 amide bonds. The number of pyridine rings is 1. The van der Waals surface area contributed by atoms with Crippen molar-refractivity contribution in [3.63, 3.8) is 0 Å². The number of epoxide rings is 1. The van der Waals surface area contributed by atoms with Crippen LogP contribution in [0.1, 0.15) is 18.5 Å². The molecule has 0 radical (unpaired) electrons. The Labute approximate surface area is 152 Å². The monoisotopic (exact) mass is 367 g/mol. The zero-order valence-corrected chi connectivity index (χ0v) is 14.4. The molecule has 2 aromatic heterocycles. The fraction of sp³-hybridized carbons (Fsp3) is 0.200. The minimum Gasteiger partial charge on any atom is -0.362 e. The van der Waals surface area contributed by atoms with E-state index in [0.29, 0.717) is 5.65 Å². The van der Waals surface area contributed by atoms with Crippen LogP contribution >= 0.6 is 0 Å². The van der Waals surface area contributed by atoms with Gasteiger partial charge in [-0.05, 0) is 24.4 Å². The van der Waals surface area contributed by atoms with Gasteiger partial charge in [0.1, 0.15) is 17.2 Å². The predicted octanol–water partition coefficient (Wildman–Crippen LogP) is 3.41. The first-order chi connectivity index (χ1) is 13.0. The maximum atomic E-state index is 14.3. The molecular weight excluding hydrogens is 352 g/mol. The Hall–Kier alpha value is -3.06. The summed E-state index contributed by atoms with van der Waals surface area (Å²) in [4.78, 5) is 12.9. The molecule has 0 N–H and O–H groups in total. The molecule has 5 rings (SSSR count). The summed E-state index contributed by atoms with van der Waals surface area (Å²) in [6, 6.07) is 12.3. The van der Waals surface area contributed by atoms with E-state index in [1.807, 2.05) is 30.3 Å². The normalized spacial score (nSPS) is 20.3. The van der Waals surface area contributed by atoms with Crippen molar-refractivity contribution >= 4 is 16.4 Å². The second-order valence-electron chi connectivity index (χ2n) is 6.80. The Balaban J connectivity index is 1.68. The number of fused-ring (bicyclic) bond motifs is 3. The molecule has 0 spiro atoms. The molecule has 3 heterocycles. The van der Waals surface area contributed by atoms with E-state index in [-0.39, 0.29) is 17.9 Å². The minimum atomic E-state index is -1.03. The van der Waals surface area contributed by atoms with Gasteiger partial charge in [0.05, 0.1) is 12.6 Å². The van der Waals surface area contributed by atoms with E-state index in [2.05, 4.69) is 5.10 Å². The van der Waals surface area contributed by atoms with Gasteiger partial charge < -0.3 is 4.74 Å². The molecule has 1 aliphatic rings. The Morgan fingerprint density at radius 1 is 1.19 bits per heavy atom. The third kappa shape index (κ3) is 2.24. The number of nitrogens with zero attached hydrogens (tertiary/aromatic N) is 3. The highest BCUT2D eigenvalue weighted by Gasteiger charge is 2.54. The van der Waals surface area contributed by atoms with Crippen molar-refractivity contribution in [3.05, 3.63) is 82.4 Å². The van der Waals surface area contributed by atoms with E-state index < -0.39 is 23.3 Å². The van der Waals surface area contributed by atoms with Crippen LogP contribution in [0.5, 0.6) is 0 Å². The van der Waals surface area contributed by atoms with Crippen molar-refractivity contribution in [3.8, 4) is 0 Å². The van der Waals surface area contributed by atoms with Crippen LogP contribution in [0.25, 0.3) is 16.4 Å². The third-order valence-corrected chi connectivity index (χ3v) is 5.32. The summed E-state index contributed by atoms with van der Waals surface area (Å²) in [5, 5.41) is 6.33. The lowest BCUT2D eigenvalue weighted by molar-refractivity contribution is 0.211. The lowest BCUT2D eigenvalue weighted by Gasteiger charge is -2.20. The van der Waals surface area contributed by atoms with E-state index in [4.69, 9.17) is 4.74 Å². The van der Waals surface area contributed by atoms with Crippen LogP contribution in [0.3, 0.4) is 0 Å². The van der Waals surface area contributed by atoms with Crippen molar-refractivity contribution in [2.45, 2.75) is 18.6 Å². The Kier molecular flexibility index (Phi) is 3.27. The van der Waals surface area contributed by atoms with E-state index in [9.17, 15) is 13.6 Å². The molecule has 0 unspecified atom stereocenters. The second-order valence-corrected chi connectivity index (χ2v) is 6.80. The Morgan fingerprint density at radius 2 is 1.96 bits per heavy atom. The summed E-state index contributed by atoms with van der Waals surface area (Å²) in [6.07, 6.45) is 1.68. The summed E-state index contributed by atoms with van der Waals surface area (Å²) < 4.78 is 36.0. The number of hydrogen-bond acceptors (Lipinski definition) is 3. The van der Waals surface area contributed by atoms with Gasteiger partial charge in [0, 0.05) is 23.2 Å². The summed E-state index contributed by atoms with van der Waals surface area (Å²) in [7, 11) is 0. The van der Waals surface area contributed by atoms with Crippen molar-refractivity contribution in [1.29, 1.82) is 0 Å². The number of hydrogen-bond donors (Lipinski definition) is 0. The first kappa shape index (κ1) is 16.1. The molecule has 4 aromatic rings. The van der Waals surface area contributed by atoms with Gasteiger partial charge in [-0.3, -0.25) is 0 Å². The minimum absolute atomic E-state index is 0.227. The molecule has 1 fully saturated rings. The van der Waals surface area contributed by atoms with Crippen molar-refractivity contribution in [2.75, 3.05) is 6.61 Å². The van der Waals surface area contributed by atoms with E-state index >= 15 is 0 Å². The maximum Gasteiger partial charge on any atom is 0.350 e. The first-order valence-corrected chi connectivity index (χ1v) is 8.59. The smallest absolute Gasteiger partial charge is 0.350 e. The quantitative estimate of drug-likeness (QED) is 0.522. The van der Waals surface area contributed by atoms with Gasteiger partial charge in [-0.25, -0.2) is 22.7 Å². The number of halogens is 2. The van der Waals surface area contributed by atoms with Gasteiger partial charge in [-0.15, -0.1) is 5.10 Å². The van der Waals surface area contributed by atoms with Crippen LogP contribution in [0, 0.1) is 11.6 Å². The summed E-state index contributed by atoms with van der Waals surface area (Å²) in [5.41, 5.74) is -0.610. The fourth-order valence-electron chi connectivity index (χ4n) is 3.69. The highest BCUT2D eigenvalue weighted by atomic mass is 19.1. The largest absolute Gasteiger partial charge is 0.362 e. The van der Waals surface area contributed by atoms with Gasteiger partial charge >= 0.3 is 5.69 Å². The first-order valence-electron chi connectivity index (χ1n) is 8.59. The van der Waals surface area contributed by atoms with Crippen LogP contribution in [0.4, 0.5) is 8.78 Å². The van der Waals surface area contributed by atoms with Crippen LogP contribution in [-0.2, 0) is 10.3 Å². The van der Waals surface area contributed by atoms with Crippen molar-refractivity contribution in [1.82, 2.24) is 14.2 Å². The van der Waals surface area contributed by atoms with Crippen molar-refractivity contribution in [2.24, 2.45) is 0 Å². The standard InChI is InChI=1S/C20H15F2N3O2/c1-12(20(11-27-20)16-7-6-14(21)10-17(16)22)25-19(26)24-9-8-13-4-2-3-5-15(13)18(24)23-25/h2-10,12H,11H2,1H3/t12-,20-/m1/s1. The average Bonchev–Trinajstić information content (AvgIpc) is 3.39. The zero-order valence-electron chi connectivity index (χ0n) is 14.4. The second kappa shape index (κ2) is 5.47. The van der Waals surface area contributed by atoms with Gasteiger partial charge in [0.2, 0.25) is 0 Å². The number of aromatic nitrogens is 3. The summed E-state index contributed by atoms with van der Waals surface area (Å²) in [6.45, 7) is 1.99. The molecule has 2 atom stereocenters. The maximum absolute atomic E-state index is 14.3. The highest BCUT2D eigenvalue weighted by Crippen LogP contribution is 2.48. The Bertz CT molecular complexity index is 1260. The molecular formula is C20H15F2N3O2. The molecule has 1 saturated heterocycles. The lowest BCUT2D eigenvalue weighted by atomic mass is 9.92. The highest BCUT2D eigenvalue weighted by molar-refractivity contribution is 5.93. The van der Waals surface area contributed by atoms with Crippen molar-refractivity contribution < 1.29 is 13.5 Å². The van der Waals surface area contributed by atoms with Crippen LogP contribution in [-0.4, -0.2) is 20.8 Å².